The van der Waals surface area contributed by atoms with Crippen LogP contribution in [0.5, 0.6) is 11.5 Å². The molecule has 0 bridgehead atoms. The van der Waals surface area contributed by atoms with Crippen LogP contribution in [-0.4, -0.2) is 13.7 Å². The molecule has 0 aliphatic carbocycles. The van der Waals surface area contributed by atoms with Crippen molar-refractivity contribution in [1.29, 1.82) is 0 Å². The average molecular weight is 310 g/mol. The summed E-state index contributed by atoms with van der Waals surface area (Å²) in [4.78, 5) is 0. The molecule has 3 nitrogen and oxygen atoms in total. The molecule has 0 unspecified atom stereocenters. The Morgan fingerprint density at radius 2 is 1.95 bits per heavy atom. The van der Waals surface area contributed by atoms with E-state index in [1.807, 2.05) is 25.1 Å². The quantitative estimate of drug-likeness (QED) is 0.852. The van der Waals surface area contributed by atoms with Crippen LogP contribution in [0.15, 0.2) is 36.4 Å². The molecule has 2 rings (SSSR count). The zero-order valence-corrected chi connectivity index (χ0v) is 12.7. The van der Waals surface area contributed by atoms with E-state index < -0.39 is 0 Å². The first kappa shape index (κ1) is 15.4. The van der Waals surface area contributed by atoms with E-state index in [1.165, 1.54) is 12.1 Å². The van der Waals surface area contributed by atoms with Crippen LogP contribution in [0.1, 0.15) is 12.5 Å². The van der Waals surface area contributed by atoms with Gasteiger partial charge in [-0.25, -0.2) is 4.39 Å². The second-order valence-electron chi connectivity index (χ2n) is 4.43. The molecule has 0 saturated heterocycles. The van der Waals surface area contributed by atoms with E-state index in [2.05, 4.69) is 5.32 Å². The molecular weight excluding hydrogens is 293 g/mol. The van der Waals surface area contributed by atoms with Crippen molar-refractivity contribution in [1.82, 2.24) is 0 Å². The Kier molecular flexibility index (Phi) is 5.28. The predicted octanol–water partition coefficient (Wildman–Crippen LogP) is 4.50. The third-order valence-electron chi connectivity index (χ3n) is 2.88. The minimum atomic E-state index is -0.343. The zero-order valence-electron chi connectivity index (χ0n) is 12.0. The Hall–Kier alpha value is -1.94. The second kappa shape index (κ2) is 7.18. The molecule has 1 N–H and O–H groups in total. The van der Waals surface area contributed by atoms with Crippen molar-refractivity contribution in [2.75, 3.05) is 19.0 Å². The Bertz CT molecular complexity index is 599. The van der Waals surface area contributed by atoms with Gasteiger partial charge in [-0.1, -0.05) is 11.6 Å². The molecule has 0 aliphatic rings. The molecule has 0 aliphatic heterocycles. The first-order valence-electron chi connectivity index (χ1n) is 6.62. The third-order valence-corrected chi connectivity index (χ3v) is 3.10. The average Bonchev–Trinajstić information content (AvgIpc) is 2.45. The van der Waals surface area contributed by atoms with Crippen molar-refractivity contribution in [3.8, 4) is 11.5 Å². The maximum atomic E-state index is 13.3. The van der Waals surface area contributed by atoms with E-state index in [0.29, 0.717) is 29.7 Å². The summed E-state index contributed by atoms with van der Waals surface area (Å²) in [6.07, 6.45) is 0. The first-order valence-corrected chi connectivity index (χ1v) is 7.00. The highest BCUT2D eigenvalue weighted by molar-refractivity contribution is 6.30. The number of hydrogen-bond donors (Lipinski definition) is 1. The molecule has 2 aromatic rings. The number of hydrogen-bond acceptors (Lipinski definition) is 3. The summed E-state index contributed by atoms with van der Waals surface area (Å²) < 4.78 is 24.0. The van der Waals surface area contributed by atoms with Crippen molar-refractivity contribution >= 4 is 17.3 Å². The van der Waals surface area contributed by atoms with E-state index >= 15 is 0 Å². The molecule has 0 heterocycles. The fraction of sp³-hybridized carbons (Fsp3) is 0.250. The van der Waals surface area contributed by atoms with Gasteiger partial charge in [-0.05, 0) is 42.8 Å². The van der Waals surface area contributed by atoms with E-state index in [4.69, 9.17) is 21.1 Å². The van der Waals surface area contributed by atoms with Crippen LogP contribution < -0.4 is 14.8 Å². The molecule has 5 heteroatoms. The molecule has 0 amide bonds. The molecule has 0 radical (unpaired) electrons. The number of ether oxygens (including phenoxy) is 2. The predicted molar refractivity (Wildman–Crippen MR) is 82.9 cm³/mol. The fourth-order valence-corrected chi connectivity index (χ4v) is 2.22. The van der Waals surface area contributed by atoms with Gasteiger partial charge in [0.2, 0.25) is 0 Å². The molecule has 0 saturated carbocycles. The van der Waals surface area contributed by atoms with Gasteiger partial charge >= 0.3 is 0 Å². The number of nitrogens with one attached hydrogen (secondary N) is 1. The van der Waals surface area contributed by atoms with Gasteiger partial charge in [0.25, 0.3) is 0 Å². The number of benzene rings is 2. The van der Waals surface area contributed by atoms with Gasteiger partial charge in [-0.2, -0.15) is 0 Å². The molecule has 0 atom stereocenters. The van der Waals surface area contributed by atoms with Crippen LogP contribution in [0.4, 0.5) is 10.1 Å². The van der Waals surface area contributed by atoms with E-state index in [-0.39, 0.29) is 5.82 Å². The smallest absolute Gasteiger partial charge is 0.163 e. The Morgan fingerprint density at radius 1 is 1.14 bits per heavy atom. The van der Waals surface area contributed by atoms with E-state index in [1.54, 1.807) is 13.2 Å². The van der Waals surface area contributed by atoms with Gasteiger partial charge in [-0.3, -0.25) is 0 Å². The third kappa shape index (κ3) is 4.26. The Labute approximate surface area is 128 Å². The second-order valence-corrected chi connectivity index (χ2v) is 4.87. The maximum absolute atomic E-state index is 13.3. The highest BCUT2D eigenvalue weighted by atomic mass is 35.5. The van der Waals surface area contributed by atoms with Crippen molar-refractivity contribution < 1.29 is 13.9 Å². The summed E-state index contributed by atoms with van der Waals surface area (Å²) in [7, 11) is 1.60. The zero-order chi connectivity index (χ0) is 15.2. The number of rotatable bonds is 6. The summed E-state index contributed by atoms with van der Waals surface area (Å²) >= 11 is 5.83. The normalized spacial score (nSPS) is 10.3. The first-order chi connectivity index (χ1) is 10.1. The Balaban J connectivity index is 2.10. The van der Waals surface area contributed by atoms with Crippen molar-refractivity contribution in [2.45, 2.75) is 13.5 Å². The van der Waals surface area contributed by atoms with Gasteiger partial charge in [0.1, 0.15) is 5.82 Å². The fourth-order valence-electron chi connectivity index (χ4n) is 1.97. The molecule has 21 heavy (non-hydrogen) atoms. The summed E-state index contributed by atoms with van der Waals surface area (Å²) in [5, 5.41) is 3.59. The molecule has 0 aromatic heterocycles. The van der Waals surface area contributed by atoms with Crippen LogP contribution in [0, 0.1) is 5.82 Å². The summed E-state index contributed by atoms with van der Waals surface area (Å²) in [6, 6.07) is 10.0. The molecule has 0 fully saturated rings. The lowest BCUT2D eigenvalue weighted by Crippen LogP contribution is -2.01. The van der Waals surface area contributed by atoms with E-state index in [0.717, 1.165) is 11.3 Å². The van der Waals surface area contributed by atoms with Gasteiger partial charge in [0.05, 0.1) is 13.7 Å². The maximum Gasteiger partial charge on any atom is 0.163 e. The van der Waals surface area contributed by atoms with Gasteiger partial charge in [0.15, 0.2) is 11.5 Å². The largest absolute Gasteiger partial charge is 0.493 e. The van der Waals surface area contributed by atoms with Crippen molar-refractivity contribution in [2.24, 2.45) is 0 Å². The van der Waals surface area contributed by atoms with Gasteiger partial charge in [-0.15, -0.1) is 0 Å². The van der Waals surface area contributed by atoms with Crippen LogP contribution >= 0.6 is 11.6 Å². The lowest BCUT2D eigenvalue weighted by atomic mass is 10.2. The highest BCUT2D eigenvalue weighted by Crippen LogP contribution is 2.30. The minimum Gasteiger partial charge on any atom is -0.493 e. The molecule has 0 spiro atoms. The van der Waals surface area contributed by atoms with E-state index in [9.17, 15) is 4.39 Å². The topological polar surface area (TPSA) is 30.5 Å². The van der Waals surface area contributed by atoms with Crippen LogP contribution in [0.25, 0.3) is 0 Å². The monoisotopic (exact) mass is 309 g/mol. The number of halogens is 2. The van der Waals surface area contributed by atoms with Gasteiger partial charge < -0.3 is 14.8 Å². The summed E-state index contributed by atoms with van der Waals surface area (Å²) in [5.41, 5.74) is 1.63. The molecular formula is C16H17ClFNO2. The van der Waals surface area contributed by atoms with Crippen LogP contribution in [-0.2, 0) is 6.54 Å². The lowest BCUT2D eigenvalue weighted by Gasteiger charge is -2.12. The Morgan fingerprint density at radius 3 is 2.62 bits per heavy atom. The summed E-state index contributed by atoms with van der Waals surface area (Å²) in [5.74, 6) is 1.00. The highest BCUT2D eigenvalue weighted by Gasteiger charge is 2.06. The number of methoxy groups -OCH3 is 1. The van der Waals surface area contributed by atoms with Crippen molar-refractivity contribution in [3.05, 3.63) is 52.8 Å². The lowest BCUT2D eigenvalue weighted by molar-refractivity contribution is 0.311. The van der Waals surface area contributed by atoms with Crippen LogP contribution in [0.3, 0.4) is 0 Å². The van der Waals surface area contributed by atoms with Crippen LogP contribution in [0.2, 0.25) is 5.02 Å². The van der Waals surface area contributed by atoms with Gasteiger partial charge in [0, 0.05) is 23.3 Å². The molecule has 2 aromatic carbocycles. The van der Waals surface area contributed by atoms with Crippen molar-refractivity contribution in [3.63, 3.8) is 0 Å². The summed E-state index contributed by atoms with van der Waals surface area (Å²) in [6.45, 7) is 2.93. The standard InChI is InChI=1S/C16H17ClFNO2/c1-3-21-16-9-14(4-5-15(16)20-2)19-10-11-6-12(17)8-13(18)7-11/h4-9,19H,3,10H2,1-2H3. The molecule has 112 valence electrons. The SMILES string of the molecule is CCOc1cc(NCc2cc(F)cc(Cl)c2)ccc1OC. The number of anilines is 1. The minimum absolute atomic E-state index is 0.343.